The first kappa shape index (κ1) is 54.0. The first-order valence-corrected chi connectivity index (χ1v) is 23.4. The monoisotopic (exact) mass is 1120 g/mol. The summed E-state index contributed by atoms with van der Waals surface area (Å²) in [6.45, 7) is -2.73. The standard InChI is InChI=1S/C45H35F10O20P/c1-13-64-9-22-40(69-13)43(72-24(57)10-65-41-33(52)29(48)27(46)30(49)34(41)53)44(73-25(58)11-66-42-35(54)31(50)28(47)32(51)36(42)55)45(70-22)74-37-16-7-19-18(67-12-68-19)6-15(16)26(17-8-23(56)71-38(17)37)14-4-20(62-2)39(21(5-14)63-3)75-76(59,60)61/h4-7,13,17,22,26,37-38,40,43-45H,8-12H2,1-3H3,(H2,59,60,61). The third kappa shape index (κ3) is 10.0. The quantitative estimate of drug-likeness (QED) is 0.0352. The van der Waals surface area contributed by atoms with E-state index in [0.717, 1.165) is 14.2 Å². The van der Waals surface area contributed by atoms with Crippen molar-refractivity contribution in [1.82, 2.24) is 0 Å². The molecule has 0 bridgehead atoms. The van der Waals surface area contributed by atoms with Crippen LogP contribution in [0, 0.1) is 64.1 Å². The largest absolute Gasteiger partial charge is 0.525 e. The van der Waals surface area contributed by atoms with Gasteiger partial charge in [-0.05, 0) is 47.9 Å². The molecule has 4 heterocycles. The van der Waals surface area contributed by atoms with Crippen LogP contribution in [-0.2, 0) is 52.1 Å². The minimum Gasteiger partial charge on any atom is -0.493 e. The summed E-state index contributed by atoms with van der Waals surface area (Å²) in [4.78, 5) is 60.1. The van der Waals surface area contributed by atoms with E-state index in [1.54, 1.807) is 0 Å². The molecule has 3 fully saturated rings. The van der Waals surface area contributed by atoms with Gasteiger partial charge in [0.05, 0.1) is 27.2 Å². The molecule has 10 atom stereocenters. The third-order valence-corrected chi connectivity index (χ3v) is 12.8. The van der Waals surface area contributed by atoms with Gasteiger partial charge in [0, 0.05) is 11.8 Å². The lowest BCUT2D eigenvalue weighted by Gasteiger charge is -2.49. The lowest BCUT2D eigenvalue weighted by Crippen LogP contribution is -2.65. The molecule has 0 radical (unpaired) electrons. The molecule has 4 aromatic carbocycles. The van der Waals surface area contributed by atoms with E-state index >= 15 is 0 Å². The Bertz CT molecular complexity index is 2970. The number of phosphoric acid groups is 1. The Balaban J connectivity index is 1.12. The molecular weight excluding hydrogens is 1080 g/mol. The molecule has 4 aliphatic heterocycles. The van der Waals surface area contributed by atoms with Gasteiger partial charge < -0.3 is 66.1 Å². The molecule has 31 heteroatoms. The molecule has 76 heavy (non-hydrogen) atoms. The Morgan fingerprint density at radius 1 is 0.671 bits per heavy atom. The maximum atomic E-state index is 14.7. The maximum Gasteiger partial charge on any atom is 0.525 e. The average Bonchev–Trinajstić information content (AvgIpc) is 4.05. The van der Waals surface area contributed by atoms with Crippen LogP contribution in [0.15, 0.2) is 24.3 Å². The minimum atomic E-state index is -5.23. The highest BCUT2D eigenvalue weighted by Gasteiger charge is 2.58. The normalized spacial score (nSPS) is 25.4. The van der Waals surface area contributed by atoms with Crippen molar-refractivity contribution in [3.8, 4) is 40.2 Å². The number of carbonyl (C=O) groups excluding carboxylic acids is 3. The van der Waals surface area contributed by atoms with Crippen molar-refractivity contribution in [2.45, 2.75) is 68.5 Å². The highest BCUT2D eigenvalue weighted by atomic mass is 31.2. The smallest absolute Gasteiger partial charge is 0.493 e. The van der Waals surface area contributed by atoms with Gasteiger partial charge in [0.25, 0.3) is 0 Å². The summed E-state index contributed by atoms with van der Waals surface area (Å²) in [6, 6.07) is 5.58. The SMILES string of the molecule is COc1cc(C2c3cc4c(cc3C(OC3OC5COC(C)OC5C(OC(=O)COc5c(F)c(F)c(F)c(F)c5F)C3OC(=O)COc3c(F)c(F)c(F)c(F)c3F)C3OC(=O)CC23)OCO4)cc(OC)c1OP(=O)(O)O. The molecule has 9 rings (SSSR count). The molecule has 20 nitrogen and oxygen atoms in total. The summed E-state index contributed by atoms with van der Waals surface area (Å²) in [6.07, 6.45) is -14.1. The van der Waals surface area contributed by atoms with Crippen LogP contribution in [-0.4, -0.2) is 112 Å². The molecule has 0 saturated carbocycles. The van der Waals surface area contributed by atoms with E-state index in [9.17, 15) is 72.6 Å². The van der Waals surface area contributed by atoms with Crippen LogP contribution in [0.2, 0.25) is 0 Å². The number of benzene rings is 4. The van der Waals surface area contributed by atoms with E-state index in [2.05, 4.69) is 9.47 Å². The second-order valence-corrected chi connectivity index (χ2v) is 18.0. The molecule has 3 saturated heterocycles. The number of rotatable bonds is 15. The molecule has 10 unspecified atom stereocenters. The van der Waals surface area contributed by atoms with E-state index in [0.29, 0.717) is 0 Å². The third-order valence-electron chi connectivity index (χ3n) is 12.3. The molecule has 5 aliphatic rings. The number of carbonyl (C=O) groups is 3. The summed E-state index contributed by atoms with van der Waals surface area (Å²) in [5, 5.41) is 0. The van der Waals surface area contributed by atoms with Gasteiger partial charge in [-0.3, -0.25) is 14.6 Å². The summed E-state index contributed by atoms with van der Waals surface area (Å²) in [5.41, 5.74) is 0.659. The van der Waals surface area contributed by atoms with Crippen LogP contribution in [0.4, 0.5) is 43.9 Å². The second kappa shape index (κ2) is 21.0. The van der Waals surface area contributed by atoms with Crippen molar-refractivity contribution in [3.63, 3.8) is 0 Å². The Morgan fingerprint density at radius 3 is 1.68 bits per heavy atom. The van der Waals surface area contributed by atoms with Crippen molar-refractivity contribution in [3.05, 3.63) is 99.1 Å². The van der Waals surface area contributed by atoms with Crippen molar-refractivity contribution in [2.75, 3.05) is 40.8 Å². The summed E-state index contributed by atoms with van der Waals surface area (Å²) in [7, 11) is -2.91. The number of esters is 3. The van der Waals surface area contributed by atoms with E-state index in [1.165, 1.54) is 31.2 Å². The molecule has 0 aromatic heterocycles. The van der Waals surface area contributed by atoms with E-state index in [-0.39, 0.29) is 52.9 Å². The van der Waals surface area contributed by atoms with Crippen molar-refractivity contribution < 1.29 is 139 Å². The van der Waals surface area contributed by atoms with Gasteiger partial charge in [0.2, 0.25) is 70.7 Å². The van der Waals surface area contributed by atoms with Crippen molar-refractivity contribution in [2.24, 2.45) is 5.92 Å². The van der Waals surface area contributed by atoms with Gasteiger partial charge in [-0.1, -0.05) is 0 Å². The molecule has 0 spiro atoms. The highest BCUT2D eigenvalue weighted by Crippen LogP contribution is 2.57. The first-order valence-electron chi connectivity index (χ1n) is 21.9. The average molecular weight is 1120 g/mol. The van der Waals surface area contributed by atoms with Gasteiger partial charge in [-0.15, -0.1) is 0 Å². The zero-order valence-corrected chi connectivity index (χ0v) is 39.5. The van der Waals surface area contributed by atoms with Crippen LogP contribution in [0.1, 0.15) is 42.1 Å². The summed E-state index contributed by atoms with van der Waals surface area (Å²) in [5.74, 6) is -35.7. The van der Waals surface area contributed by atoms with Crippen LogP contribution in [0.3, 0.4) is 0 Å². The fourth-order valence-corrected chi connectivity index (χ4v) is 9.61. The topological polar surface area (TPSA) is 238 Å². The van der Waals surface area contributed by atoms with Crippen LogP contribution in [0.5, 0.6) is 40.2 Å². The van der Waals surface area contributed by atoms with Gasteiger partial charge in [-0.25, -0.2) is 40.5 Å². The molecule has 1 aliphatic carbocycles. The number of phosphoric ester groups is 1. The predicted octanol–water partition coefficient (Wildman–Crippen LogP) is 5.90. The van der Waals surface area contributed by atoms with Crippen LogP contribution in [0.25, 0.3) is 0 Å². The predicted molar refractivity (Wildman–Crippen MR) is 221 cm³/mol. The number of hydrogen-bond donors (Lipinski definition) is 2. The first-order chi connectivity index (χ1) is 36.0. The van der Waals surface area contributed by atoms with Gasteiger partial charge in [-0.2, -0.15) is 17.6 Å². The summed E-state index contributed by atoms with van der Waals surface area (Å²) < 4.78 is 232. The van der Waals surface area contributed by atoms with Crippen LogP contribution >= 0.6 is 7.82 Å². The fraction of sp³-hybridized carbons (Fsp3) is 0.400. The number of hydrogen-bond acceptors (Lipinski definition) is 18. The lowest BCUT2D eigenvalue weighted by atomic mass is 9.68. The van der Waals surface area contributed by atoms with E-state index in [1.807, 2.05) is 0 Å². The number of fused-ring (bicyclic) bond motifs is 4. The van der Waals surface area contributed by atoms with Crippen molar-refractivity contribution >= 4 is 25.7 Å². The second-order valence-electron chi connectivity index (χ2n) is 16.9. The van der Waals surface area contributed by atoms with E-state index < -0.39 is 182 Å². The minimum absolute atomic E-state index is 0.0935. The number of methoxy groups -OCH3 is 2. The fourth-order valence-electron chi connectivity index (χ4n) is 9.19. The molecule has 2 N–H and O–H groups in total. The molecule has 410 valence electrons. The van der Waals surface area contributed by atoms with Crippen molar-refractivity contribution in [1.29, 1.82) is 0 Å². The number of ether oxygens (including phenoxy) is 13. The maximum absolute atomic E-state index is 14.7. The van der Waals surface area contributed by atoms with E-state index in [4.69, 9.17) is 56.6 Å². The molecular formula is C45H35F10O20P. The zero-order valence-electron chi connectivity index (χ0n) is 38.6. The zero-order chi connectivity index (χ0) is 54.8. The molecule has 4 aromatic rings. The van der Waals surface area contributed by atoms with Gasteiger partial charge in [0.1, 0.15) is 24.4 Å². The Morgan fingerprint density at radius 2 is 1.17 bits per heavy atom. The Kier molecular flexibility index (Phi) is 14.9. The highest BCUT2D eigenvalue weighted by molar-refractivity contribution is 7.46. The Hall–Kier alpha value is -6.82. The number of halogens is 10. The summed E-state index contributed by atoms with van der Waals surface area (Å²) >= 11 is 0. The van der Waals surface area contributed by atoms with Crippen LogP contribution < -0.4 is 32.9 Å². The lowest BCUT2D eigenvalue weighted by molar-refractivity contribution is -0.366. The Labute approximate surface area is 418 Å². The van der Waals surface area contributed by atoms with Gasteiger partial charge in [0.15, 0.2) is 72.5 Å². The molecule has 0 amide bonds. The van der Waals surface area contributed by atoms with Gasteiger partial charge >= 0.3 is 25.7 Å².